The number of aliphatic carboxylic acids is 1. The van der Waals surface area contributed by atoms with E-state index in [-0.39, 0.29) is 19.1 Å². The van der Waals surface area contributed by atoms with Crippen LogP contribution in [0.3, 0.4) is 0 Å². The number of hydrogen-bond donors (Lipinski definition) is 2. The van der Waals surface area contributed by atoms with Crippen LogP contribution in [0.2, 0.25) is 0 Å². The predicted octanol–water partition coefficient (Wildman–Crippen LogP) is 5.38. The van der Waals surface area contributed by atoms with Crippen molar-refractivity contribution < 1.29 is 46.1 Å². The molecule has 2 aromatic rings. The fraction of sp³-hybridized carbons (Fsp3) is 0.458. The SMILES string of the molecule is C[C@H](C(=O)O)[C@@H](O)c1cccc(OCC2CCN(Cc3cc(C(F)(F)F)ccc3C(F)(F)F)C2)c1. The molecule has 1 aliphatic rings. The van der Waals surface area contributed by atoms with Crippen molar-refractivity contribution >= 4 is 5.97 Å². The van der Waals surface area contributed by atoms with E-state index in [2.05, 4.69) is 0 Å². The molecule has 2 aromatic carbocycles. The minimum Gasteiger partial charge on any atom is -0.493 e. The Morgan fingerprint density at radius 3 is 2.46 bits per heavy atom. The van der Waals surface area contributed by atoms with Crippen molar-refractivity contribution in [3.05, 3.63) is 64.7 Å². The molecule has 1 unspecified atom stereocenters. The first-order valence-electron chi connectivity index (χ1n) is 10.9. The van der Waals surface area contributed by atoms with Gasteiger partial charge in [-0.2, -0.15) is 26.3 Å². The third-order valence-electron chi connectivity index (χ3n) is 6.05. The molecule has 1 saturated heterocycles. The van der Waals surface area contributed by atoms with Gasteiger partial charge in [-0.3, -0.25) is 9.69 Å². The second kappa shape index (κ2) is 10.4. The van der Waals surface area contributed by atoms with Crippen molar-refractivity contribution in [2.24, 2.45) is 11.8 Å². The Kier molecular flexibility index (Phi) is 8.00. The van der Waals surface area contributed by atoms with Crippen molar-refractivity contribution in [1.29, 1.82) is 0 Å². The van der Waals surface area contributed by atoms with E-state index >= 15 is 0 Å². The molecule has 192 valence electrons. The van der Waals surface area contributed by atoms with Gasteiger partial charge in [0.05, 0.1) is 29.8 Å². The van der Waals surface area contributed by atoms with E-state index < -0.39 is 47.0 Å². The predicted molar refractivity (Wildman–Crippen MR) is 114 cm³/mol. The Labute approximate surface area is 197 Å². The average molecular weight is 505 g/mol. The number of nitrogens with zero attached hydrogens (tertiary/aromatic N) is 1. The van der Waals surface area contributed by atoms with Crippen LogP contribution >= 0.6 is 0 Å². The van der Waals surface area contributed by atoms with Gasteiger partial charge in [-0.15, -0.1) is 0 Å². The lowest BCUT2D eigenvalue weighted by Gasteiger charge is -2.21. The quantitative estimate of drug-likeness (QED) is 0.472. The highest BCUT2D eigenvalue weighted by Gasteiger charge is 2.37. The molecule has 1 fully saturated rings. The lowest BCUT2D eigenvalue weighted by atomic mass is 9.97. The largest absolute Gasteiger partial charge is 0.493 e. The number of alkyl halides is 6. The summed E-state index contributed by atoms with van der Waals surface area (Å²) in [6, 6.07) is 7.80. The fourth-order valence-electron chi connectivity index (χ4n) is 4.04. The number of hydrogen-bond acceptors (Lipinski definition) is 4. The van der Waals surface area contributed by atoms with Crippen LogP contribution in [-0.4, -0.2) is 40.8 Å². The summed E-state index contributed by atoms with van der Waals surface area (Å²) in [6.07, 6.45) is -10.2. The number of likely N-dealkylation sites (tertiary alicyclic amines) is 1. The minimum absolute atomic E-state index is 0.0679. The maximum Gasteiger partial charge on any atom is 0.416 e. The molecule has 5 nitrogen and oxygen atoms in total. The summed E-state index contributed by atoms with van der Waals surface area (Å²) in [4.78, 5) is 12.8. The van der Waals surface area contributed by atoms with Gasteiger partial charge in [0.15, 0.2) is 0 Å². The lowest BCUT2D eigenvalue weighted by molar-refractivity contribution is -0.145. The molecule has 1 heterocycles. The van der Waals surface area contributed by atoms with Crippen molar-refractivity contribution in [1.82, 2.24) is 4.90 Å². The molecule has 0 saturated carbocycles. The van der Waals surface area contributed by atoms with Gasteiger partial charge in [0.25, 0.3) is 0 Å². The molecule has 0 aliphatic carbocycles. The molecule has 0 amide bonds. The first kappa shape index (κ1) is 26.8. The molecule has 2 N–H and O–H groups in total. The smallest absolute Gasteiger partial charge is 0.416 e. The maximum atomic E-state index is 13.3. The van der Waals surface area contributed by atoms with Crippen LogP contribution in [0.5, 0.6) is 5.75 Å². The van der Waals surface area contributed by atoms with Crippen molar-refractivity contribution in [3.8, 4) is 5.75 Å². The molecular formula is C24H25F6NO4. The maximum absolute atomic E-state index is 13.3. The summed E-state index contributed by atoms with van der Waals surface area (Å²) < 4.78 is 84.9. The van der Waals surface area contributed by atoms with Crippen LogP contribution in [0.25, 0.3) is 0 Å². The van der Waals surface area contributed by atoms with Gasteiger partial charge >= 0.3 is 18.3 Å². The second-order valence-corrected chi connectivity index (χ2v) is 8.71. The number of aliphatic hydroxyl groups is 1. The Hall–Kier alpha value is -2.79. The molecule has 1 aliphatic heterocycles. The first-order chi connectivity index (χ1) is 16.3. The zero-order valence-electron chi connectivity index (χ0n) is 18.7. The number of aliphatic hydroxyl groups excluding tert-OH is 1. The van der Waals surface area contributed by atoms with Gasteiger partial charge in [-0.05, 0) is 61.3 Å². The van der Waals surface area contributed by atoms with E-state index in [4.69, 9.17) is 9.84 Å². The monoisotopic (exact) mass is 505 g/mol. The highest BCUT2D eigenvalue weighted by Crippen LogP contribution is 2.37. The van der Waals surface area contributed by atoms with Crippen LogP contribution in [-0.2, 0) is 23.7 Å². The lowest BCUT2D eigenvalue weighted by Crippen LogP contribution is -2.24. The molecule has 0 radical (unpaired) electrons. The molecule has 35 heavy (non-hydrogen) atoms. The average Bonchev–Trinajstić information content (AvgIpc) is 3.22. The summed E-state index contributed by atoms with van der Waals surface area (Å²) in [5.74, 6) is -1.84. The molecule has 3 rings (SSSR count). The molecule has 11 heteroatoms. The molecule has 0 aromatic heterocycles. The number of rotatable bonds is 8. The number of halogens is 6. The van der Waals surface area contributed by atoms with E-state index in [1.807, 2.05) is 0 Å². The van der Waals surface area contributed by atoms with Gasteiger partial charge in [-0.1, -0.05) is 12.1 Å². The third kappa shape index (κ3) is 6.88. The van der Waals surface area contributed by atoms with E-state index in [1.165, 1.54) is 13.0 Å². The topological polar surface area (TPSA) is 70.0 Å². The zero-order valence-corrected chi connectivity index (χ0v) is 18.7. The van der Waals surface area contributed by atoms with Gasteiger partial charge in [-0.25, -0.2) is 0 Å². The highest BCUT2D eigenvalue weighted by atomic mass is 19.4. The van der Waals surface area contributed by atoms with Crippen LogP contribution in [0.1, 0.15) is 41.7 Å². The Balaban J connectivity index is 1.63. The van der Waals surface area contributed by atoms with Gasteiger partial charge in [0, 0.05) is 19.0 Å². The van der Waals surface area contributed by atoms with Gasteiger partial charge in [0.2, 0.25) is 0 Å². The van der Waals surface area contributed by atoms with Crippen LogP contribution in [0.15, 0.2) is 42.5 Å². The highest BCUT2D eigenvalue weighted by molar-refractivity contribution is 5.70. The molecule has 0 bridgehead atoms. The summed E-state index contributed by atoms with van der Waals surface area (Å²) in [5.41, 5.74) is -2.27. The Morgan fingerprint density at radius 2 is 1.83 bits per heavy atom. The standard InChI is InChI=1S/C24H25F6NO4/c1-14(22(33)34)21(32)16-3-2-4-19(10-16)35-13-15-7-8-31(11-15)12-17-9-18(23(25,26)27)5-6-20(17)24(28,29)30/h2-6,9-10,14-15,21,32H,7-8,11-13H2,1H3,(H,33,34)/t14-,15?,21+/m0/s1. The van der Waals surface area contributed by atoms with Crippen LogP contribution in [0, 0.1) is 11.8 Å². The summed E-state index contributed by atoms with van der Waals surface area (Å²) in [6.45, 7) is 2.05. The zero-order chi connectivity index (χ0) is 26.0. The molecule has 0 spiro atoms. The van der Waals surface area contributed by atoms with E-state index in [0.717, 1.165) is 0 Å². The molecule has 3 atom stereocenters. The second-order valence-electron chi connectivity index (χ2n) is 8.71. The molecular weight excluding hydrogens is 480 g/mol. The van der Waals surface area contributed by atoms with Gasteiger partial charge in [0.1, 0.15) is 5.75 Å². The van der Waals surface area contributed by atoms with Crippen LogP contribution < -0.4 is 4.74 Å². The summed E-state index contributed by atoms with van der Waals surface area (Å²) >= 11 is 0. The third-order valence-corrected chi connectivity index (χ3v) is 6.05. The van der Waals surface area contributed by atoms with Crippen molar-refractivity contribution in [3.63, 3.8) is 0 Å². The van der Waals surface area contributed by atoms with E-state index in [0.29, 0.717) is 49.0 Å². The first-order valence-corrected chi connectivity index (χ1v) is 10.9. The number of benzene rings is 2. The van der Waals surface area contributed by atoms with Gasteiger partial charge < -0.3 is 14.9 Å². The summed E-state index contributed by atoms with van der Waals surface area (Å²) in [7, 11) is 0. The number of carbonyl (C=O) groups is 1. The Bertz CT molecular complexity index is 1040. The number of carboxylic acids is 1. The van der Waals surface area contributed by atoms with Crippen molar-refractivity contribution in [2.75, 3.05) is 19.7 Å². The van der Waals surface area contributed by atoms with Crippen LogP contribution in [0.4, 0.5) is 26.3 Å². The van der Waals surface area contributed by atoms with E-state index in [9.17, 15) is 36.2 Å². The van der Waals surface area contributed by atoms with E-state index in [1.54, 1.807) is 23.1 Å². The Morgan fingerprint density at radius 1 is 1.11 bits per heavy atom. The number of ether oxygens (including phenoxy) is 1. The number of carboxylic acid groups (broad SMARTS) is 1. The van der Waals surface area contributed by atoms with Crippen molar-refractivity contribution in [2.45, 2.75) is 38.3 Å². The normalized spacial score (nSPS) is 18.9. The minimum atomic E-state index is -4.77. The summed E-state index contributed by atoms with van der Waals surface area (Å²) in [5, 5.41) is 19.3. The fourth-order valence-corrected chi connectivity index (χ4v) is 4.04.